The zero-order valence-corrected chi connectivity index (χ0v) is 24.1. The average Bonchev–Trinajstić information content (AvgIpc) is 2.94. The first-order chi connectivity index (χ1) is 19.8. The zero-order chi connectivity index (χ0) is 28.6. The summed E-state index contributed by atoms with van der Waals surface area (Å²) in [5.41, 5.74) is 2.38. The van der Waals surface area contributed by atoms with Gasteiger partial charge in [-0.15, -0.1) is 0 Å². The highest BCUT2D eigenvalue weighted by molar-refractivity contribution is 5.73. The van der Waals surface area contributed by atoms with E-state index < -0.39 is 0 Å². The van der Waals surface area contributed by atoms with E-state index in [-0.39, 0.29) is 17.2 Å². The fourth-order valence-electron chi connectivity index (χ4n) is 6.81. The Labute approximate surface area is 241 Å². The maximum Gasteiger partial charge on any atom is 0.188 e. The van der Waals surface area contributed by atoms with Gasteiger partial charge in [0.15, 0.2) is 11.6 Å². The topological polar surface area (TPSA) is 99.8 Å². The summed E-state index contributed by atoms with van der Waals surface area (Å²) < 4.78 is 20.8. The van der Waals surface area contributed by atoms with Gasteiger partial charge in [-0.25, -0.2) is 24.3 Å². The van der Waals surface area contributed by atoms with Gasteiger partial charge in [0, 0.05) is 41.9 Å². The van der Waals surface area contributed by atoms with E-state index in [9.17, 15) is 9.65 Å². The number of rotatable bonds is 8. The first kappa shape index (κ1) is 27.5. The Hall–Kier alpha value is -3.64. The summed E-state index contributed by atoms with van der Waals surface area (Å²) in [6.45, 7) is 9.13. The lowest BCUT2D eigenvalue weighted by Crippen LogP contribution is -2.66. The van der Waals surface area contributed by atoms with Crippen LogP contribution in [0.25, 0.3) is 11.1 Å². The Morgan fingerprint density at radius 3 is 2.54 bits per heavy atom. The lowest BCUT2D eigenvalue weighted by atomic mass is 9.60. The first-order valence-electron chi connectivity index (χ1n) is 14.7. The number of ether oxygens (including phenoxy) is 1. The molecule has 1 aromatic carbocycles. The molecule has 0 bridgehead atoms. The van der Waals surface area contributed by atoms with Crippen molar-refractivity contribution in [3.05, 3.63) is 54.8 Å². The molecular formula is C32H38FN7O. The number of aromatic nitrogens is 4. The van der Waals surface area contributed by atoms with Crippen LogP contribution < -0.4 is 15.0 Å². The molecule has 0 atom stereocenters. The van der Waals surface area contributed by atoms with Crippen molar-refractivity contribution in [1.82, 2.24) is 25.3 Å². The van der Waals surface area contributed by atoms with Gasteiger partial charge in [0.1, 0.15) is 24.2 Å². The van der Waals surface area contributed by atoms with Gasteiger partial charge in [-0.05, 0) is 82.0 Å². The Morgan fingerprint density at radius 2 is 1.80 bits per heavy atom. The molecule has 2 aliphatic carbocycles. The standard InChI is InChI=1S/C32H38FN7O/c1-21(2)29-26(14-35-19-38-29)25-10-23(33)4-5-27(25)41-28-15-36-20-39-30(28)40-17-32(18-40)11-24(12-32)37-13-22-6-8-31(3,16-34)9-7-22/h4-5,10,14-15,19-22,24,37H,6-9,11-13,17-18H2,1-3H3. The highest BCUT2D eigenvalue weighted by atomic mass is 19.1. The molecule has 1 aliphatic heterocycles. The summed E-state index contributed by atoms with van der Waals surface area (Å²) >= 11 is 0. The lowest BCUT2D eigenvalue weighted by Gasteiger charge is -2.59. The summed E-state index contributed by atoms with van der Waals surface area (Å²) in [5.74, 6) is 2.29. The lowest BCUT2D eigenvalue weighted by molar-refractivity contribution is 0.0439. The van der Waals surface area contributed by atoms with E-state index in [0.717, 1.165) is 62.4 Å². The third-order valence-electron chi connectivity index (χ3n) is 9.29. The third kappa shape index (κ3) is 5.62. The number of halogens is 1. The second kappa shape index (κ2) is 11.0. The largest absolute Gasteiger partial charge is 0.451 e. The zero-order valence-electron chi connectivity index (χ0n) is 24.1. The van der Waals surface area contributed by atoms with Crippen molar-refractivity contribution in [1.29, 1.82) is 5.26 Å². The molecule has 6 rings (SSSR count). The molecule has 1 saturated heterocycles. The number of nitriles is 1. The summed E-state index contributed by atoms with van der Waals surface area (Å²) in [5, 5.41) is 13.2. The van der Waals surface area contributed by atoms with Gasteiger partial charge < -0.3 is 15.0 Å². The van der Waals surface area contributed by atoms with Crippen molar-refractivity contribution in [2.24, 2.45) is 16.7 Å². The van der Waals surface area contributed by atoms with E-state index in [2.05, 4.69) is 57.0 Å². The summed E-state index contributed by atoms with van der Waals surface area (Å²) in [7, 11) is 0. The molecule has 2 saturated carbocycles. The van der Waals surface area contributed by atoms with Gasteiger partial charge in [0.25, 0.3) is 0 Å². The van der Waals surface area contributed by atoms with Crippen molar-refractivity contribution < 1.29 is 9.13 Å². The molecule has 9 heteroatoms. The molecule has 214 valence electrons. The van der Waals surface area contributed by atoms with Gasteiger partial charge in [-0.2, -0.15) is 5.26 Å². The van der Waals surface area contributed by atoms with Crippen LogP contribution in [0.4, 0.5) is 10.2 Å². The number of benzene rings is 1. The van der Waals surface area contributed by atoms with Crippen LogP contribution in [0.5, 0.6) is 11.5 Å². The second-order valence-corrected chi connectivity index (χ2v) is 12.9. The van der Waals surface area contributed by atoms with E-state index in [4.69, 9.17) is 4.74 Å². The molecule has 1 N–H and O–H groups in total. The SMILES string of the molecule is CC(C)c1ncncc1-c1cc(F)ccc1Oc1cncnc1N1CC2(CC(NCC3CCC(C)(C#N)CC3)C2)C1. The quantitative estimate of drug-likeness (QED) is 0.347. The number of nitrogens with one attached hydrogen (secondary N) is 1. The van der Waals surface area contributed by atoms with Crippen molar-refractivity contribution in [3.63, 3.8) is 0 Å². The Bertz CT molecular complexity index is 1430. The van der Waals surface area contributed by atoms with Gasteiger partial charge in [0.05, 0.1) is 23.4 Å². The van der Waals surface area contributed by atoms with Crippen LogP contribution in [0.3, 0.4) is 0 Å². The Kier molecular flexibility index (Phi) is 7.37. The number of hydrogen-bond donors (Lipinski definition) is 1. The van der Waals surface area contributed by atoms with Crippen molar-refractivity contribution in [2.45, 2.75) is 71.3 Å². The molecule has 3 aromatic rings. The average molecular weight is 556 g/mol. The van der Waals surface area contributed by atoms with Crippen molar-refractivity contribution in [2.75, 3.05) is 24.5 Å². The van der Waals surface area contributed by atoms with E-state index in [0.29, 0.717) is 34.4 Å². The van der Waals surface area contributed by atoms with Crippen LogP contribution in [0, 0.1) is 33.9 Å². The number of hydrogen-bond acceptors (Lipinski definition) is 8. The van der Waals surface area contributed by atoms with E-state index in [1.165, 1.54) is 31.3 Å². The maximum atomic E-state index is 14.4. The normalized spacial score (nSPS) is 23.6. The van der Waals surface area contributed by atoms with Crippen molar-refractivity contribution in [3.8, 4) is 28.7 Å². The highest BCUT2D eigenvalue weighted by Crippen LogP contribution is 2.51. The smallest absolute Gasteiger partial charge is 0.188 e. The molecule has 3 fully saturated rings. The molecule has 2 aromatic heterocycles. The van der Waals surface area contributed by atoms with Crippen LogP contribution in [0.2, 0.25) is 0 Å². The molecule has 8 nitrogen and oxygen atoms in total. The van der Waals surface area contributed by atoms with Gasteiger partial charge >= 0.3 is 0 Å². The second-order valence-electron chi connectivity index (χ2n) is 12.9. The monoisotopic (exact) mass is 555 g/mol. The molecule has 0 unspecified atom stereocenters. The molecule has 0 amide bonds. The Morgan fingerprint density at radius 1 is 1.07 bits per heavy atom. The van der Waals surface area contributed by atoms with Crippen LogP contribution in [-0.4, -0.2) is 45.6 Å². The van der Waals surface area contributed by atoms with Gasteiger partial charge in [0.2, 0.25) is 0 Å². The minimum Gasteiger partial charge on any atom is -0.451 e. The number of anilines is 1. The van der Waals surface area contributed by atoms with Crippen LogP contribution in [0.15, 0.2) is 43.2 Å². The summed E-state index contributed by atoms with van der Waals surface area (Å²) in [4.78, 5) is 19.7. The van der Waals surface area contributed by atoms with Gasteiger partial charge in [-0.3, -0.25) is 0 Å². The van der Waals surface area contributed by atoms with Crippen LogP contribution in [0.1, 0.15) is 70.9 Å². The first-order valence-corrected chi connectivity index (χ1v) is 14.7. The van der Waals surface area contributed by atoms with E-state index in [1.807, 2.05) is 0 Å². The molecule has 3 aliphatic rings. The molecule has 0 radical (unpaired) electrons. The molecule has 41 heavy (non-hydrogen) atoms. The predicted octanol–water partition coefficient (Wildman–Crippen LogP) is 6.27. The highest BCUT2D eigenvalue weighted by Gasteiger charge is 2.53. The Balaban J connectivity index is 1.09. The van der Waals surface area contributed by atoms with Gasteiger partial charge in [-0.1, -0.05) is 13.8 Å². The maximum absolute atomic E-state index is 14.4. The van der Waals surface area contributed by atoms with Crippen LogP contribution >= 0.6 is 0 Å². The van der Waals surface area contributed by atoms with E-state index in [1.54, 1.807) is 24.8 Å². The summed E-state index contributed by atoms with van der Waals surface area (Å²) in [6.07, 6.45) is 13.1. The van der Waals surface area contributed by atoms with Crippen molar-refractivity contribution >= 4 is 5.82 Å². The van der Waals surface area contributed by atoms with E-state index >= 15 is 0 Å². The number of nitrogens with zero attached hydrogens (tertiary/aromatic N) is 6. The molecular weight excluding hydrogens is 517 g/mol. The third-order valence-corrected chi connectivity index (χ3v) is 9.29. The summed E-state index contributed by atoms with van der Waals surface area (Å²) in [6, 6.07) is 7.58. The predicted molar refractivity (Wildman–Crippen MR) is 155 cm³/mol. The fourth-order valence-corrected chi connectivity index (χ4v) is 6.81. The molecule has 1 spiro atoms. The van der Waals surface area contributed by atoms with Crippen LogP contribution in [-0.2, 0) is 0 Å². The fraction of sp³-hybridized carbons (Fsp3) is 0.531. The molecule has 3 heterocycles. The minimum atomic E-state index is -0.350. The minimum absolute atomic E-state index is 0.124.